The van der Waals surface area contributed by atoms with Gasteiger partial charge in [0.1, 0.15) is 10.4 Å². The maximum atomic E-state index is 12.8. The number of carboxylic acid groups (broad SMARTS) is 2. The van der Waals surface area contributed by atoms with Crippen LogP contribution in [-0.4, -0.2) is 55.3 Å². The molecule has 1 aliphatic heterocycles. The number of rotatable bonds is 3. The van der Waals surface area contributed by atoms with Gasteiger partial charge in [0, 0.05) is 30.4 Å². The minimum absolute atomic E-state index is 0.126. The summed E-state index contributed by atoms with van der Waals surface area (Å²) >= 11 is 0.816. The Balaban J connectivity index is 0.000000601. The molecule has 0 aliphatic carbocycles. The van der Waals surface area contributed by atoms with Gasteiger partial charge in [-0.05, 0) is 23.9 Å². The highest BCUT2D eigenvalue weighted by Crippen LogP contribution is 2.41. The van der Waals surface area contributed by atoms with Crippen molar-refractivity contribution in [1.29, 1.82) is 0 Å². The summed E-state index contributed by atoms with van der Waals surface area (Å²) in [6, 6.07) is 14.7. The van der Waals surface area contributed by atoms with Crippen LogP contribution in [0.2, 0.25) is 0 Å². The maximum absolute atomic E-state index is 12.8. The van der Waals surface area contributed by atoms with Crippen LogP contribution in [0.5, 0.6) is 0 Å². The Hall–Kier alpha value is -4.25. The predicted molar refractivity (Wildman–Crippen MR) is 123 cm³/mol. The zero-order chi connectivity index (χ0) is 23.7. The molecule has 33 heavy (non-hydrogen) atoms. The number of benzene rings is 2. The number of aliphatic carboxylic acids is 2. The van der Waals surface area contributed by atoms with E-state index in [1.165, 1.54) is 4.90 Å². The molecular formula is C22H17N5O5S. The van der Waals surface area contributed by atoms with Crippen LogP contribution in [0.3, 0.4) is 0 Å². The molecule has 3 N–H and O–H groups in total. The summed E-state index contributed by atoms with van der Waals surface area (Å²) in [7, 11) is 1.62. The van der Waals surface area contributed by atoms with Gasteiger partial charge >= 0.3 is 5.97 Å². The number of hydrogen-bond acceptors (Lipinski definition) is 7. The summed E-state index contributed by atoms with van der Waals surface area (Å²) < 4.78 is 0. The smallest absolute Gasteiger partial charge is 0.343 e. The van der Waals surface area contributed by atoms with Gasteiger partial charge in [-0.25, -0.2) is 9.78 Å². The van der Waals surface area contributed by atoms with E-state index in [-0.39, 0.29) is 21.5 Å². The number of aromatic amines is 1. The molecule has 0 spiro atoms. The van der Waals surface area contributed by atoms with Crippen molar-refractivity contribution in [2.45, 2.75) is 12.1 Å². The molecule has 11 heteroatoms. The van der Waals surface area contributed by atoms with Crippen molar-refractivity contribution in [2.75, 3.05) is 11.9 Å². The van der Waals surface area contributed by atoms with Gasteiger partial charge in [0.05, 0.1) is 11.3 Å². The molecule has 166 valence electrons. The standard InChI is InChI=1S/C20H13N5O3S.C2H4O2/c1-25-13-9-5-3-7-11(13)14(18(25)26)16(19(27)28)29-20-22-17-15(23-24-20)10-6-2-4-8-12(10)21-17;1-2(3)4/h2-9H,1H3,(H,27,28)(H,21,22,24);1H3,(H,3,4)/b16-14-;. The SMILES string of the molecule is CC(=O)O.CN1C(=O)/C(=C(\Sc2nnc3c(n2)[nH]c2ccccc23)C(=O)O)c2ccccc21. The molecule has 0 atom stereocenters. The first kappa shape index (κ1) is 22.0. The topological polar surface area (TPSA) is 149 Å². The van der Waals surface area contributed by atoms with Crippen LogP contribution < -0.4 is 4.90 Å². The Morgan fingerprint density at radius 3 is 2.42 bits per heavy atom. The Morgan fingerprint density at radius 2 is 1.70 bits per heavy atom. The average Bonchev–Trinajstić information content (AvgIpc) is 3.26. The van der Waals surface area contributed by atoms with Crippen LogP contribution in [0.15, 0.2) is 58.6 Å². The number of aromatic nitrogens is 4. The highest BCUT2D eigenvalue weighted by atomic mass is 32.2. The molecule has 2 aromatic heterocycles. The van der Waals surface area contributed by atoms with Crippen molar-refractivity contribution >= 4 is 62.9 Å². The lowest BCUT2D eigenvalue weighted by molar-refractivity contribution is -0.134. The van der Waals surface area contributed by atoms with E-state index in [2.05, 4.69) is 20.2 Å². The van der Waals surface area contributed by atoms with Gasteiger partial charge in [-0.3, -0.25) is 9.59 Å². The summed E-state index contributed by atoms with van der Waals surface area (Å²) in [5.41, 5.74) is 3.34. The minimum Gasteiger partial charge on any atom is -0.481 e. The van der Waals surface area contributed by atoms with Crippen molar-refractivity contribution in [3.63, 3.8) is 0 Å². The van der Waals surface area contributed by atoms with Crippen LogP contribution in [0, 0.1) is 0 Å². The Labute approximate surface area is 191 Å². The molecule has 10 nitrogen and oxygen atoms in total. The van der Waals surface area contributed by atoms with Crippen LogP contribution >= 0.6 is 11.8 Å². The normalized spacial score (nSPS) is 14.1. The minimum atomic E-state index is -1.22. The number of hydrogen-bond donors (Lipinski definition) is 3. The molecule has 1 amide bonds. The summed E-state index contributed by atoms with van der Waals surface area (Å²) in [5, 5.41) is 26.6. The second-order valence-electron chi connectivity index (χ2n) is 6.97. The molecule has 0 saturated carbocycles. The van der Waals surface area contributed by atoms with E-state index >= 15 is 0 Å². The summed E-state index contributed by atoms with van der Waals surface area (Å²) in [6.07, 6.45) is 0. The molecule has 1 aliphatic rings. The van der Waals surface area contributed by atoms with Gasteiger partial charge in [0.25, 0.3) is 11.9 Å². The van der Waals surface area contributed by atoms with E-state index in [9.17, 15) is 14.7 Å². The number of amides is 1. The molecule has 0 bridgehead atoms. The lowest BCUT2D eigenvalue weighted by Crippen LogP contribution is -2.21. The molecule has 0 unspecified atom stereocenters. The number of carboxylic acids is 2. The Kier molecular flexibility index (Phi) is 5.80. The number of anilines is 1. The number of carbonyl (C=O) groups is 3. The van der Waals surface area contributed by atoms with Crippen LogP contribution in [-0.2, 0) is 14.4 Å². The van der Waals surface area contributed by atoms with Gasteiger partial charge in [-0.2, -0.15) is 0 Å². The molecule has 0 saturated heterocycles. The van der Waals surface area contributed by atoms with E-state index in [1.807, 2.05) is 24.3 Å². The van der Waals surface area contributed by atoms with Gasteiger partial charge in [0.15, 0.2) is 5.65 Å². The highest BCUT2D eigenvalue weighted by Gasteiger charge is 2.35. The number of nitrogens with zero attached hydrogens (tertiary/aromatic N) is 4. The molecule has 5 rings (SSSR count). The summed E-state index contributed by atoms with van der Waals surface area (Å²) in [4.78, 5) is 42.7. The van der Waals surface area contributed by atoms with Crippen molar-refractivity contribution in [1.82, 2.24) is 20.2 Å². The Bertz CT molecular complexity index is 1460. The third kappa shape index (κ3) is 4.13. The van der Waals surface area contributed by atoms with Gasteiger partial charge < -0.3 is 20.1 Å². The Morgan fingerprint density at radius 1 is 1.03 bits per heavy atom. The molecule has 0 radical (unpaired) electrons. The van der Waals surface area contributed by atoms with Gasteiger partial charge in [0.2, 0.25) is 5.16 Å². The molecular weight excluding hydrogens is 446 g/mol. The number of likely N-dealkylation sites (N-methyl/N-ethyl adjacent to an activating group) is 1. The summed E-state index contributed by atoms with van der Waals surface area (Å²) in [5.74, 6) is -2.43. The van der Waals surface area contributed by atoms with E-state index < -0.39 is 11.9 Å². The highest BCUT2D eigenvalue weighted by molar-refractivity contribution is 8.04. The van der Waals surface area contributed by atoms with Gasteiger partial charge in [-0.1, -0.05) is 36.4 Å². The number of para-hydroxylation sites is 2. The summed E-state index contributed by atoms with van der Waals surface area (Å²) in [6.45, 7) is 1.08. The van der Waals surface area contributed by atoms with Crippen molar-refractivity contribution < 1.29 is 24.6 Å². The van der Waals surface area contributed by atoms with Crippen molar-refractivity contribution in [2.24, 2.45) is 0 Å². The number of H-pyrrole nitrogens is 1. The third-order valence-electron chi connectivity index (χ3n) is 4.77. The number of fused-ring (bicyclic) bond motifs is 4. The monoisotopic (exact) mass is 463 g/mol. The van der Waals surface area contributed by atoms with E-state index in [0.29, 0.717) is 22.4 Å². The lowest BCUT2D eigenvalue weighted by Gasteiger charge is -2.08. The van der Waals surface area contributed by atoms with E-state index in [0.717, 1.165) is 29.6 Å². The first-order valence-corrected chi connectivity index (χ1v) is 10.4. The average molecular weight is 463 g/mol. The second kappa shape index (κ2) is 8.71. The fourth-order valence-corrected chi connectivity index (χ4v) is 4.22. The quantitative estimate of drug-likeness (QED) is 0.307. The van der Waals surface area contributed by atoms with E-state index in [1.54, 1.807) is 31.3 Å². The fraction of sp³-hybridized carbons (Fsp3) is 0.0909. The van der Waals surface area contributed by atoms with Crippen LogP contribution in [0.1, 0.15) is 12.5 Å². The number of nitrogens with one attached hydrogen (secondary N) is 1. The molecule has 0 fully saturated rings. The zero-order valence-corrected chi connectivity index (χ0v) is 18.3. The van der Waals surface area contributed by atoms with Crippen LogP contribution in [0.25, 0.3) is 27.6 Å². The number of carbonyl (C=O) groups excluding carboxylic acids is 1. The lowest BCUT2D eigenvalue weighted by atomic mass is 10.1. The first-order valence-electron chi connectivity index (χ1n) is 9.61. The van der Waals surface area contributed by atoms with Crippen molar-refractivity contribution in [3.05, 3.63) is 59.0 Å². The number of thioether (sulfide) groups is 1. The third-order valence-corrected chi connectivity index (χ3v) is 5.71. The predicted octanol–water partition coefficient (Wildman–Crippen LogP) is 3.16. The maximum Gasteiger partial charge on any atom is 0.343 e. The first-order chi connectivity index (χ1) is 15.8. The fourth-order valence-electron chi connectivity index (χ4n) is 3.43. The molecule has 2 aromatic carbocycles. The second-order valence-corrected chi connectivity index (χ2v) is 7.95. The molecule has 4 aromatic rings. The van der Waals surface area contributed by atoms with Crippen LogP contribution in [0.4, 0.5) is 5.69 Å². The van der Waals surface area contributed by atoms with Crippen molar-refractivity contribution in [3.8, 4) is 0 Å². The van der Waals surface area contributed by atoms with E-state index in [4.69, 9.17) is 9.90 Å². The zero-order valence-electron chi connectivity index (χ0n) is 17.4. The molecule has 3 heterocycles. The largest absolute Gasteiger partial charge is 0.481 e. The van der Waals surface area contributed by atoms with Gasteiger partial charge in [-0.15, -0.1) is 10.2 Å².